The highest BCUT2D eigenvalue weighted by atomic mass is 35.5. The second kappa shape index (κ2) is 6.34. The predicted molar refractivity (Wildman–Crippen MR) is 92.3 cm³/mol. The molecular formula is C15H10ClN3O4S. The van der Waals surface area contributed by atoms with Gasteiger partial charge in [0.05, 0.1) is 10.2 Å². The van der Waals surface area contributed by atoms with E-state index in [9.17, 15) is 14.7 Å². The first-order valence-electron chi connectivity index (χ1n) is 6.63. The molecule has 3 aromatic rings. The Morgan fingerprint density at radius 1 is 1.12 bits per heavy atom. The summed E-state index contributed by atoms with van der Waals surface area (Å²) in [6.07, 6.45) is 0. The van der Waals surface area contributed by atoms with Gasteiger partial charge >= 0.3 is 12.0 Å². The molecule has 0 aliphatic heterocycles. The van der Waals surface area contributed by atoms with E-state index in [4.69, 9.17) is 16.7 Å². The fourth-order valence-corrected chi connectivity index (χ4v) is 3.13. The molecule has 0 spiro atoms. The van der Waals surface area contributed by atoms with Gasteiger partial charge in [-0.3, -0.25) is 5.32 Å². The highest BCUT2D eigenvalue weighted by Gasteiger charge is 2.12. The lowest BCUT2D eigenvalue weighted by molar-refractivity contribution is 0.0693. The Morgan fingerprint density at radius 2 is 1.92 bits per heavy atom. The van der Waals surface area contributed by atoms with Crippen molar-refractivity contribution in [1.82, 2.24) is 4.98 Å². The molecule has 2 aromatic carbocycles. The molecule has 3 rings (SSSR count). The Balaban J connectivity index is 1.75. The van der Waals surface area contributed by atoms with Crippen LogP contribution in [0.2, 0.25) is 5.02 Å². The van der Waals surface area contributed by atoms with E-state index in [1.54, 1.807) is 18.2 Å². The largest absolute Gasteiger partial charge is 0.507 e. The zero-order valence-electron chi connectivity index (χ0n) is 11.9. The van der Waals surface area contributed by atoms with E-state index in [1.165, 1.54) is 23.5 Å². The molecule has 1 heterocycles. The number of hydrogen-bond acceptors (Lipinski definition) is 5. The topological polar surface area (TPSA) is 112 Å². The molecule has 0 saturated carbocycles. The molecule has 0 aliphatic rings. The number of carboxylic acid groups (broad SMARTS) is 1. The number of hydrogen-bond donors (Lipinski definition) is 4. The number of halogens is 1. The van der Waals surface area contributed by atoms with Crippen molar-refractivity contribution in [2.45, 2.75) is 0 Å². The first kappa shape index (κ1) is 16.0. The number of nitrogens with one attached hydrogen (secondary N) is 2. The minimum atomic E-state index is -1.29. The third kappa shape index (κ3) is 3.39. The van der Waals surface area contributed by atoms with Crippen molar-refractivity contribution in [3.8, 4) is 5.75 Å². The number of nitrogens with zero attached hydrogens (tertiary/aromatic N) is 1. The van der Waals surface area contributed by atoms with E-state index in [-0.39, 0.29) is 17.0 Å². The molecule has 0 aliphatic carbocycles. The number of phenols is 1. The average Bonchev–Trinajstić information content (AvgIpc) is 2.90. The van der Waals surface area contributed by atoms with Crippen LogP contribution in [0.4, 0.5) is 15.6 Å². The minimum Gasteiger partial charge on any atom is -0.507 e. The summed E-state index contributed by atoms with van der Waals surface area (Å²) in [6, 6.07) is 8.36. The van der Waals surface area contributed by atoms with Crippen LogP contribution in [0, 0.1) is 0 Å². The lowest BCUT2D eigenvalue weighted by atomic mass is 10.2. The molecule has 0 unspecified atom stereocenters. The quantitative estimate of drug-likeness (QED) is 0.525. The van der Waals surface area contributed by atoms with Gasteiger partial charge in [-0.2, -0.15) is 0 Å². The number of thiazole rings is 1. The van der Waals surface area contributed by atoms with Gasteiger partial charge in [-0.15, -0.1) is 0 Å². The Bertz CT molecular complexity index is 957. The van der Waals surface area contributed by atoms with Gasteiger partial charge < -0.3 is 15.5 Å². The van der Waals surface area contributed by atoms with Crippen molar-refractivity contribution in [1.29, 1.82) is 0 Å². The van der Waals surface area contributed by atoms with Crippen LogP contribution in [0.15, 0.2) is 36.4 Å². The smallest absolute Gasteiger partial charge is 0.339 e. The number of fused-ring (bicyclic) bond motifs is 1. The molecular weight excluding hydrogens is 354 g/mol. The van der Waals surface area contributed by atoms with Gasteiger partial charge in [-0.1, -0.05) is 22.9 Å². The van der Waals surface area contributed by atoms with E-state index in [0.29, 0.717) is 15.7 Å². The first-order chi connectivity index (χ1) is 11.4. The van der Waals surface area contributed by atoms with Crippen LogP contribution < -0.4 is 10.6 Å². The number of aromatic nitrogens is 1. The highest BCUT2D eigenvalue weighted by molar-refractivity contribution is 7.22. The molecule has 0 atom stereocenters. The van der Waals surface area contributed by atoms with Crippen LogP contribution in [0.1, 0.15) is 10.4 Å². The average molecular weight is 364 g/mol. The summed E-state index contributed by atoms with van der Waals surface area (Å²) in [7, 11) is 0. The maximum absolute atomic E-state index is 12.0. The van der Waals surface area contributed by atoms with Gasteiger partial charge in [0.2, 0.25) is 0 Å². The Hall–Kier alpha value is -2.84. The second-order valence-corrected chi connectivity index (χ2v) is 6.21. The number of aromatic hydroxyl groups is 1. The number of benzene rings is 2. The van der Waals surface area contributed by atoms with Crippen LogP contribution in [0.5, 0.6) is 5.75 Å². The van der Waals surface area contributed by atoms with Crippen molar-refractivity contribution < 1.29 is 19.8 Å². The van der Waals surface area contributed by atoms with E-state index >= 15 is 0 Å². The molecule has 7 nitrogen and oxygen atoms in total. The van der Waals surface area contributed by atoms with Crippen LogP contribution in [-0.4, -0.2) is 27.2 Å². The standard InChI is InChI=1S/C15H10ClN3O4S/c16-7-1-3-10-12(5-7)24-15(18-10)19-14(23)17-8-2-4-11(20)9(6-8)13(21)22/h1-6,20H,(H,21,22)(H2,17,18,19,23). The van der Waals surface area contributed by atoms with E-state index < -0.39 is 12.0 Å². The van der Waals surface area contributed by atoms with Crippen molar-refractivity contribution in [2.24, 2.45) is 0 Å². The van der Waals surface area contributed by atoms with Crippen LogP contribution >= 0.6 is 22.9 Å². The molecule has 2 amide bonds. The zero-order valence-corrected chi connectivity index (χ0v) is 13.5. The number of urea groups is 1. The summed E-state index contributed by atoms with van der Waals surface area (Å²) >= 11 is 7.16. The van der Waals surface area contributed by atoms with Gasteiger partial charge in [0.1, 0.15) is 11.3 Å². The summed E-state index contributed by atoms with van der Waals surface area (Å²) < 4.78 is 0.829. The number of carbonyl (C=O) groups is 2. The summed E-state index contributed by atoms with van der Waals surface area (Å²) in [4.78, 5) is 27.2. The summed E-state index contributed by atoms with van der Waals surface area (Å²) in [6.45, 7) is 0. The van der Waals surface area contributed by atoms with E-state index in [0.717, 1.165) is 10.8 Å². The van der Waals surface area contributed by atoms with Crippen molar-refractivity contribution in [3.63, 3.8) is 0 Å². The summed E-state index contributed by atoms with van der Waals surface area (Å²) in [5.41, 5.74) is 0.631. The van der Waals surface area contributed by atoms with Gasteiger partial charge in [-0.05, 0) is 36.4 Å². The highest BCUT2D eigenvalue weighted by Crippen LogP contribution is 2.28. The van der Waals surface area contributed by atoms with Crippen LogP contribution in [0.25, 0.3) is 10.2 Å². The number of carboxylic acids is 1. The van der Waals surface area contributed by atoms with Crippen LogP contribution in [0.3, 0.4) is 0 Å². The monoisotopic (exact) mass is 363 g/mol. The fourth-order valence-electron chi connectivity index (χ4n) is 2.00. The molecule has 122 valence electrons. The van der Waals surface area contributed by atoms with Gasteiger partial charge in [0.25, 0.3) is 0 Å². The number of aromatic carboxylic acids is 1. The minimum absolute atomic E-state index is 0.229. The number of rotatable bonds is 3. The summed E-state index contributed by atoms with van der Waals surface area (Å²) in [5, 5.41) is 24.4. The maximum Gasteiger partial charge on any atom is 0.339 e. The maximum atomic E-state index is 12.0. The fraction of sp³-hybridized carbons (Fsp3) is 0. The Labute approximate surface area is 144 Å². The molecule has 24 heavy (non-hydrogen) atoms. The lowest BCUT2D eigenvalue weighted by Crippen LogP contribution is -2.19. The Morgan fingerprint density at radius 3 is 2.67 bits per heavy atom. The zero-order chi connectivity index (χ0) is 17.3. The predicted octanol–water partition coefficient (Wildman–Crippen LogP) is 4.00. The lowest BCUT2D eigenvalue weighted by Gasteiger charge is -2.07. The molecule has 1 aromatic heterocycles. The van der Waals surface area contributed by atoms with Crippen molar-refractivity contribution >= 4 is 56.0 Å². The normalized spacial score (nSPS) is 10.5. The van der Waals surface area contributed by atoms with Crippen molar-refractivity contribution in [3.05, 3.63) is 47.0 Å². The molecule has 0 saturated heterocycles. The Kier molecular flexibility index (Phi) is 4.24. The van der Waals surface area contributed by atoms with Crippen molar-refractivity contribution in [2.75, 3.05) is 10.6 Å². The number of carbonyl (C=O) groups excluding carboxylic acids is 1. The first-order valence-corrected chi connectivity index (χ1v) is 7.82. The molecule has 0 radical (unpaired) electrons. The van der Waals surface area contributed by atoms with Gasteiger partial charge in [0, 0.05) is 10.7 Å². The summed E-state index contributed by atoms with van der Waals surface area (Å²) in [5.74, 6) is -1.67. The van der Waals surface area contributed by atoms with E-state index in [1.807, 2.05) is 0 Å². The number of anilines is 2. The van der Waals surface area contributed by atoms with Crippen LogP contribution in [-0.2, 0) is 0 Å². The number of amides is 2. The molecule has 4 N–H and O–H groups in total. The molecule has 9 heteroatoms. The molecule has 0 fully saturated rings. The molecule has 0 bridgehead atoms. The van der Waals surface area contributed by atoms with Gasteiger partial charge in [0.15, 0.2) is 5.13 Å². The van der Waals surface area contributed by atoms with E-state index in [2.05, 4.69) is 15.6 Å². The SMILES string of the molecule is O=C(Nc1ccc(O)c(C(=O)O)c1)Nc1nc2ccc(Cl)cc2s1. The third-order valence-electron chi connectivity index (χ3n) is 3.06. The van der Waals surface area contributed by atoms with Gasteiger partial charge in [-0.25, -0.2) is 14.6 Å². The second-order valence-electron chi connectivity index (χ2n) is 4.75. The third-order valence-corrected chi connectivity index (χ3v) is 4.22.